The van der Waals surface area contributed by atoms with Crippen LogP contribution in [0.4, 0.5) is 0 Å². The predicted octanol–water partition coefficient (Wildman–Crippen LogP) is 3.94. The SMILES string of the molecule is CC[C@H](NC(=O)CSc1ncn(-c2ccccc2)n1)c1ccc(C)cc1. The predicted molar refractivity (Wildman–Crippen MR) is 104 cm³/mol. The molecule has 2 aromatic carbocycles. The Labute approximate surface area is 157 Å². The van der Waals surface area contributed by atoms with Gasteiger partial charge in [0.1, 0.15) is 6.33 Å². The zero-order chi connectivity index (χ0) is 18.4. The van der Waals surface area contributed by atoms with Gasteiger partial charge in [-0.15, -0.1) is 5.10 Å². The zero-order valence-corrected chi connectivity index (χ0v) is 15.7. The van der Waals surface area contributed by atoms with Crippen LogP contribution in [0.1, 0.15) is 30.5 Å². The van der Waals surface area contributed by atoms with Gasteiger partial charge < -0.3 is 5.32 Å². The average Bonchev–Trinajstić information content (AvgIpc) is 3.15. The third-order valence-electron chi connectivity index (χ3n) is 4.05. The maximum atomic E-state index is 12.3. The summed E-state index contributed by atoms with van der Waals surface area (Å²) in [5.74, 6) is 0.278. The van der Waals surface area contributed by atoms with E-state index in [0.717, 1.165) is 17.7 Å². The van der Waals surface area contributed by atoms with Crippen LogP contribution in [0.25, 0.3) is 5.69 Å². The second kappa shape index (κ2) is 8.67. The highest BCUT2D eigenvalue weighted by Gasteiger charge is 2.14. The molecule has 0 unspecified atom stereocenters. The number of nitrogens with zero attached hydrogens (tertiary/aromatic N) is 3. The van der Waals surface area contributed by atoms with Crippen LogP contribution in [0.5, 0.6) is 0 Å². The number of para-hydroxylation sites is 1. The van der Waals surface area contributed by atoms with Gasteiger partial charge in [0.15, 0.2) is 0 Å². The summed E-state index contributed by atoms with van der Waals surface area (Å²) in [6.45, 7) is 4.13. The zero-order valence-electron chi connectivity index (χ0n) is 14.9. The molecular weight excluding hydrogens is 344 g/mol. The lowest BCUT2D eigenvalue weighted by Crippen LogP contribution is -2.29. The fourth-order valence-electron chi connectivity index (χ4n) is 2.61. The molecule has 3 aromatic rings. The smallest absolute Gasteiger partial charge is 0.230 e. The molecule has 0 aliphatic heterocycles. The molecule has 0 aliphatic carbocycles. The van der Waals surface area contributed by atoms with Crippen LogP contribution in [0.3, 0.4) is 0 Å². The molecular formula is C20H22N4OS. The minimum atomic E-state index is -0.0153. The topological polar surface area (TPSA) is 59.8 Å². The van der Waals surface area contributed by atoms with E-state index in [2.05, 4.69) is 53.5 Å². The molecule has 5 nitrogen and oxygen atoms in total. The Morgan fingerprint density at radius 2 is 1.88 bits per heavy atom. The van der Waals surface area contributed by atoms with Gasteiger partial charge in [-0.05, 0) is 31.0 Å². The van der Waals surface area contributed by atoms with Gasteiger partial charge in [0, 0.05) is 0 Å². The largest absolute Gasteiger partial charge is 0.349 e. The first-order chi connectivity index (χ1) is 12.7. The summed E-state index contributed by atoms with van der Waals surface area (Å²) in [4.78, 5) is 16.6. The normalized spacial score (nSPS) is 11.9. The Morgan fingerprint density at radius 1 is 1.15 bits per heavy atom. The van der Waals surface area contributed by atoms with Crippen LogP contribution in [-0.4, -0.2) is 26.4 Å². The van der Waals surface area contributed by atoms with Crippen LogP contribution in [0.2, 0.25) is 0 Å². The number of rotatable bonds is 7. The minimum Gasteiger partial charge on any atom is -0.349 e. The monoisotopic (exact) mass is 366 g/mol. The standard InChI is InChI=1S/C20H22N4OS/c1-3-18(16-11-9-15(2)10-12-16)22-19(25)13-26-20-21-14-24(23-20)17-7-5-4-6-8-17/h4-12,14,18H,3,13H2,1-2H3,(H,22,25)/t18-/m0/s1. The van der Waals surface area contributed by atoms with Crippen molar-refractivity contribution < 1.29 is 4.79 Å². The van der Waals surface area contributed by atoms with Crippen molar-refractivity contribution in [2.45, 2.75) is 31.5 Å². The highest BCUT2D eigenvalue weighted by molar-refractivity contribution is 7.99. The number of thioether (sulfide) groups is 1. The van der Waals surface area contributed by atoms with Crippen molar-refractivity contribution in [3.8, 4) is 5.69 Å². The molecule has 26 heavy (non-hydrogen) atoms. The van der Waals surface area contributed by atoms with Crippen molar-refractivity contribution in [2.24, 2.45) is 0 Å². The van der Waals surface area contributed by atoms with Crippen molar-refractivity contribution in [2.75, 3.05) is 5.75 Å². The van der Waals surface area contributed by atoms with E-state index < -0.39 is 0 Å². The molecule has 0 aliphatic rings. The number of benzene rings is 2. The highest BCUT2D eigenvalue weighted by Crippen LogP contribution is 2.18. The van der Waals surface area contributed by atoms with Crippen molar-refractivity contribution in [1.29, 1.82) is 0 Å². The quantitative estimate of drug-likeness (QED) is 0.644. The fraction of sp³-hybridized carbons (Fsp3) is 0.250. The molecule has 3 rings (SSSR count). The van der Waals surface area contributed by atoms with E-state index in [9.17, 15) is 4.79 Å². The van der Waals surface area contributed by atoms with Gasteiger partial charge in [0.25, 0.3) is 0 Å². The van der Waals surface area contributed by atoms with E-state index in [0.29, 0.717) is 10.9 Å². The molecule has 1 atom stereocenters. The third-order valence-corrected chi connectivity index (χ3v) is 4.90. The first-order valence-corrected chi connectivity index (χ1v) is 9.60. The molecule has 0 spiro atoms. The lowest BCUT2D eigenvalue weighted by Gasteiger charge is -2.17. The molecule has 1 heterocycles. The highest BCUT2D eigenvalue weighted by atomic mass is 32.2. The van der Waals surface area contributed by atoms with E-state index in [4.69, 9.17) is 0 Å². The van der Waals surface area contributed by atoms with E-state index >= 15 is 0 Å². The van der Waals surface area contributed by atoms with Crippen LogP contribution >= 0.6 is 11.8 Å². The molecule has 134 valence electrons. The van der Waals surface area contributed by atoms with Crippen LogP contribution in [-0.2, 0) is 4.79 Å². The summed E-state index contributed by atoms with van der Waals surface area (Å²) in [6.07, 6.45) is 2.51. The van der Waals surface area contributed by atoms with Gasteiger partial charge in [0.05, 0.1) is 17.5 Å². The number of hydrogen-bond donors (Lipinski definition) is 1. The first-order valence-electron chi connectivity index (χ1n) is 8.61. The van der Waals surface area contributed by atoms with Gasteiger partial charge in [-0.1, -0.05) is 66.7 Å². The molecule has 0 radical (unpaired) electrons. The lowest BCUT2D eigenvalue weighted by molar-refractivity contribution is -0.119. The summed E-state index contributed by atoms with van der Waals surface area (Å²) in [5, 5.41) is 8.09. The van der Waals surface area contributed by atoms with Crippen molar-refractivity contribution >= 4 is 17.7 Å². The summed E-state index contributed by atoms with van der Waals surface area (Å²) < 4.78 is 1.71. The fourth-order valence-corrected chi connectivity index (χ4v) is 3.22. The Bertz CT molecular complexity index is 846. The Morgan fingerprint density at radius 3 is 2.58 bits per heavy atom. The average molecular weight is 366 g/mol. The first kappa shape index (κ1) is 18.2. The van der Waals surface area contributed by atoms with Gasteiger partial charge in [-0.3, -0.25) is 4.79 Å². The van der Waals surface area contributed by atoms with Gasteiger partial charge in [-0.25, -0.2) is 9.67 Å². The van der Waals surface area contributed by atoms with E-state index in [1.165, 1.54) is 17.3 Å². The molecule has 0 saturated heterocycles. The molecule has 1 N–H and O–H groups in total. The molecule has 1 aromatic heterocycles. The Hall–Kier alpha value is -2.60. The Balaban J connectivity index is 1.55. The van der Waals surface area contributed by atoms with Gasteiger partial charge >= 0.3 is 0 Å². The van der Waals surface area contributed by atoms with Crippen LogP contribution in [0.15, 0.2) is 66.1 Å². The maximum absolute atomic E-state index is 12.3. The molecule has 1 amide bonds. The summed E-state index contributed by atoms with van der Waals surface area (Å²) >= 11 is 1.34. The van der Waals surface area contributed by atoms with Gasteiger partial charge in [-0.2, -0.15) is 0 Å². The minimum absolute atomic E-state index is 0.0153. The van der Waals surface area contributed by atoms with E-state index in [1.807, 2.05) is 30.3 Å². The number of aryl methyl sites for hydroxylation is 1. The second-order valence-corrected chi connectivity index (χ2v) is 6.98. The van der Waals surface area contributed by atoms with Crippen molar-refractivity contribution in [1.82, 2.24) is 20.1 Å². The van der Waals surface area contributed by atoms with Gasteiger partial charge in [0.2, 0.25) is 11.1 Å². The molecule has 0 fully saturated rings. The summed E-state index contributed by atoms with van der Waals surface area (Å²) in [6, 6.07) is 18.1. The number of amides is 1. The number of carbonyl (C=O) groups is 1. The summed E-state index contributed by atoms with van der Waals surface area (Å²) in [7, 11) is 0. The number of aromatic nitrogens is 3. The summed E-state index contributed by atoms with van der Waals surface area (Å²) in [5.41, 5.74) is 3.29. The van der Waals surface area contributed by atoms with E-state index in [-0.39, 0.29) is 11.9 Å². The van der Waals surface area contributed by atoms with E-state index in [1.54, 1.807) is 11.0 Å². The lowest BCUT2D eigenvalue weighted by atomic mass is 10.0. The number of hydrogen-bond acceptors (Lipinski definition) is 4. The molecule has 6 heteroatoms. The Kier molecular flexibility index (Phi) is 6.07. The second-order valence-electron chi connectivity index (χ2n) is 6.03. The van der Waals surface area contributed by atoms with Crippen LogP contribution in [0, 0.1) is 6.92 Å². The molecule has 0 saturated carbocycles. The van der Waals surface area contributed by atoms with Crippen molar-refractivity contribution in [3.05, 3.63) is 72.1 Å². The number of carbonyl (C=O) groups excluding carboxylic acids is 1. The maximum Gasteiger partial charge on any atom is 0.230 e. The van der Waals surface area contributed by atoms with Crippen molar-refractivity contribution in [3.63, 3.8) is 0 Å². The third kappa shape index (κ3) is 4.73. The van der Waals surface area contributed by atoms with Crippen LogP contribution < -0.4 is 5.32 Å². The molecule has 0 bridgehead atoms. The number of nitrogens with one attached hydrogen (secondary N) is 1.